The molecule has 0 N–H and O–H groups in total. The quantitative estimate of drug-likeness (QED) is 0.672. The molecule has 0 aliphatic rings. The van der Waals surface area contributed by atoms with Crippen LogP contribution in [0.25, 0.3) is 0 Å². The SMILES string of the molecule is CC(C)OCc1ccc([18F])cc1. The molecule has 0 fully saturated rings. The molecule has 0 spiro atoms. The van der Waals surface area contributed by atoms with Crippen LogP contribution < -0.4 is 0 Å². The first kappa shape index (κ1) is 9.20. The molecule has 0 saturated heterocycles. The molecule has 1 nitrogen and oxygen atoms in total. The van der Waals surface area contributed by atoms with Crippen molar-refractivity contribution in [2.75, 3.05) is 0 Å². The topological polar surface area (TPSA) is 9.23 Å². The lowest BCUT2D eigenvalue weighted by molar-refractivity contribution is 0.0657. The molecule has 1 aromatic rings. The Morgan fingerprint density at radius 3 is 2.33 bits per heavy atom. The molecule has 0 heterocycles. The van der Waals surface area contributed by atoms with Crippen LogP contribution >= 0.6 is 0 Å². The van der Waals surface area contributed by atoms with E-state index < -0.39 is 0 Å². The number of hydrogen-bond donors (Lipinski definition) is 0. The maximum absolute atomic E-state index is 12.4. The highest BCUT2D eigenvalue weighted by Gasteiger charge is 1.95. The van der Waals surface area contributed by atoms with Gasteiger partial charge in [-0.2, -0.15) is 0 Å². The van der Waals surface area contributed by atoms with Crippen molar-refractivity contribution in [3.8, 4) is 0 Å². The number of ether oxygens (including phenoxy) is 1. The lowest BCUT2D eigenvalue weighted by atomic mass is 10.2. The molecule has 0 atom stereocenters. The number of rotatable bonds is 3. The van der Waals surface area contributed by atoms with Gasteiger partial charge in [-0.05, 0) is 31.5 Å². The van der Waals surface area contributed by atoms with Gasteiger partial charge in [0.05, 0.1) is 12.7 Å². The van der Waals surface area contributed by atoms with Crippen molar-refractivity contribution in [3.05, 3.63) is 35.6 Å². The van der Waals surface area contributed by atoms with E-state index in [0.717, 1.165) is 5.56 Å². The van der Waals surface area contributed by atoms with Gasteiger partial charge in [-0.25, -0.2) is 4.39 Å². The van der Waals surface area contributed by atoms with E-state index in [1.807, 2.05) is 13.8 Å². The van der Waals surface area contributed by atoms with Crippen molar-refractivity contribution in [2.24, 2.45) is 0 Å². The van der Waals surface area contributed by atoms with Crippen LogP contribution in [-0.4, -0.2) is 6.10 Å². The van der Waals surface area contributed by atoms with Crippen molar-refractivity contribution in [1.82, 2.24) is 0 Å². The van der Waals surface area contributed by atoms with Crippen LogP contribution in [-0.2, 0) is 11.3 Å². The second-order valence-electron chi connectivity index (χ2n) is 2.99. The van der Waals surface area contributed by atoms with Crippen LogP contribution in [0.15, 0.2) is 24.3 Å². The van der Waals surface area contributed by atoms with E-state index in [-0.39, 0.29) is 11.9 Å². The van der Waals surface area contributed by atoms with Crippen molar-refractivity contribution in [2.45, 2.75) is 26.6 Å². The van der Waals surface area contributed by atoms with Gasteiger partial charge in [-0.1, -0.05) is 12.1 Å². The molecular formula is C10H13FO. The fourth-order valence-corrected chi connectivity index (χ4v) is 0.844. The van der Waals surface area contributed by atoms with Gasteiger partial charge in [0, 0.05) is 0 Å². The second kappa shape index (κ2) is 4.21. The van der Waals surface area contributed by atoms with Gasteiger partial charge in [0.25, 0.3) is 0 Å². The van der Waals surface area contributed by atoms with Gasteiger partial charge in [0.15, 0.2) is 0 Å². The monoisotopic (exact) mass is 167 g/mol. The van der Waals surface area contributed by atoms with Crippen LogP contribution in [0.2, 0.25) is 0 Å². The highest BCUT2D eigenvalue weighted by Crippen LogP contribution is 2.05. The number of halogens is 1. The summed E-state index contributed by atoms with van der Waals surface area (Å²) in [4.78, 5) is 0. The van der Waals surface area contributed by atoms with E-state index in [1.165, 1.54) is 12.1 Å². The summed E-state index contributed by atoms with van der Waals surface area (Å²) in [5.74, 6) is -0.205. The Morgan fingerprint density at radius 1 is 1.25 bits per heavy atom. The lowest BCUT2D eigenvalue weighted by Gasteiger charge is -2.06. The van der Waals surface area contributed by atoms with Crippen LogP contribution in [0.4, 0.5) is 4.39 Å². The summed E-state index contributed by atoms with van der Waals surface area (Å²) < 4.78 is 17.8. The fraction of sp³-hybridized carbons (Fsp3) is 0.400. The third-order valence-electron chi connectivity index (χ3n) is 1.50. The second-order valence-corrected chi connectivity index (χ2v) is 2.99. The van der Waals surface area contributed by atoms with Crippen molar-refractivity contribution in [1.29, 1.82) is 0 Å². The maximum Gasteiger partial charge on any atom is 0.123 e. The van der Waals surface area contributed by atoms with Crippen LogP contribution in [0.1, 0.15) is 19.4 Å². The molecule has 0 aromatic heterocycles. The minimum atomic E-state index is -0.205. The normalized spacial score (nSPS) is 10.7. The van der Waals surface area contributed by atoms with Gasteiger partial charge in [-0.3, -0.25) is 0 Å². The van der Waals surface area contributed by atoms with Gasteiger partial charge >= 0.3 is 0 Å². The maximum atomic E-state index is 12.4. The van der Waals surface area contributed by atoms with E-state index >= 15 is 0 Å². The zero-order valence-electron chi connectivity index (χ0n) is 7.38. The Kier molecular flexibility index (Phi) is 3.23. The van der Waals surface area contributed by atoms with Crippen LogP contribution in [0, 0.1) is 5.82 Å². The Balaban J connectivity index is 2.48. The molecule has 0 radical (unpaired) electrons. The zero-order valence-corrected chi connectivity index (χ0v) is 7.38. The highest BCUT2D eigenvalue weighted by atomic mass is 18.2. The van der Waals surface area contributed by atoms with Crippen molar-refractivity contribution >= 4 is 0 Å². The summed E-state index contributed by atoms with van der Waals surface area (Å²) in [5.41, 5.74) is 1.00. The minimum Gasteiger partial charge on any atom is -0.374 e. The first-order valence-electron chi connectivity index (χ1n) is 4.04. The van der Waals surface area contributed by atoms with E-state index in [4.69, 9.17) is 4.74 Å². The molecule has 66 valence electrons. The summed E-state index contributed by atoms with van der Waals surface area (Å²) in [6, 6.07) is 6.35. The fourth-order valence-electron chi connectivity index (χ4n) is 0.844. The van der Waals surface area contributed by atoms with E-state index in [1.54, 1.807) is 12.1 Å². The van der Waals surface area contributed by atoms with Crippen molar-refractivity contribution in [3.63, 3.8) is 0 Å². The average Bonchev–Trinajstić information content (AvgIpc) is 2.03. The molecule has 0 saturated carbocycles. The molecule has 0 bridgehead atoms. The Bertz CT molecular complexity index is 228. The molecule has 1 rings (SSSR count). The molecule has 0 aliphatic carbocycles. The molecule has 2 heteroatoms. The number of hydrogen-bond acceptors (Lipinski definition) is 1. The standard InChI is InChI=1S/C10H13FO/c1-8(2)12-7-9-3-5-10(11)6-4-9/h3-6,8H,7H2,1-2H3/i11-1. The summed E-state index contributed by atoms with van der Waals surface area (Å²) in [6.07, 6.45) is 0.218. The van der Waals surface area contributed by atoms with Gasteiger partial charge in [0.2, 0.25) is 0 Å². The smallest absolute Gasteiger partial charge is 0.123 e. The average molecular weight is 167 g/mol. The highest BCUT2D eigenvalue weighted by molar-refractivity contribution is 5.14. The molecule has 0 aliphatic heterocycles. The largest absolute Gasteiger partial charge is 0.374 e. The lowest BCUT2D eigenvalue weighted by Crippen LogP contribution is -2.01. The summed E-state index contributed by atoms with van der Waals surface area (Å²) in [7, 11) is 0. The summed E-state index contributed by atoms with van der Waals surface area (Å²) in [6.45, 7) is 4.50. The zero-order chi connectivity index (χ0) is 8.97. The summed E-state index contributed by atoms with van der Waals surface area (Å²) >= 11 is 0. The molecule has 0 amide bonds. The Morgan fingerprint density at radius 2 is 1.83 bits per heavy atom. The first-order chi connectivity index (χ1) is 5.68. The van der Waals surface area contributed by atoms with E-state index in [2.05, 4.69) is 0 Å². The summed E-state index contributed by atoms with van der Waals surface area (Å²) in [5, 5.41) is 0. The molecular weight excluding hydrogens is 154 g/mol. The van der Waals surface area contributed by atoms with Crippen molar-refractivity contribution < 1.29 is 9.13 Å². The third-order valence-corrected chi connectivity index (χ3v) is 1.50. The predicted molar refractivity (Wildman–Crippen MR) is 46.3 cm³/mol. The Labute approximate surface area is 72.2 Å². The van der Waals surface area contributed by atoms with Gasteiger partial charge in [-0.15, -0.1) is 0 Å². The minimum absolute atomic E-state index is 0.205. The van der Waals surface area contributed by atoms with Gasteiger partial charge < -0.3 is 4.74 Å². The molecule has 1 aromatic carbocycles. The third kappa shape index (κ3) is 3.01. The predicted octanol–water partition coefficient (Wildman–Crippen LogP) is 2.75. The van der Waals surface area contributed by atoms with Crippen LogP contribution in [0.3, 0.4) is 0 Å². The van der Waals surface area contributed by atoms with E-state index in [9.17, 15) is 4.39 Å². The van der Waals surface area contributed by atoms with Crippen LogP contribution in [0.5, 0.6) is 0 Å². The molecule has 0 unspecified atom stereocenters. The number of benzene rings is 1. The van der Waals surface area contributed by atoms with Gasteiger partial charge in [0.1, 0.15) is 5.82 Å². The van der Waals surface area contributed by atoms with E-state index in [0.29, 0.717) is 6.61 Å². The Hall–Kier alpha value is -0.890. The molecule has 12 heavy (non-hydrogen) atoms. The first-order valence-corrected chi connectivity index (χ1v) is 4.04.